The number of sulfonamides is 1. The second-order valence-electron chi connectivity index (χ2n) is 4.90. The summed E-state index contributed by atoms with van der Waals surface area (Å²) in [6.07, 6.45) is 0.839. The summed E-state index contributed by atoms with van der Waals surface area (Å²) in [6.45, 7) is 2.15. The lowest BCUT2D eigenvalue weighted by molar-refractivity contribution is -0.142. The van der Waals surface area contributed by atoms with Crippen molar-refractivity contribution >= 4 is 25.8 Å². The number of hydrogen-bond donors (Lipinski definition) is 2. The Kier molecular flexibility index (Phi) is 4.47. The molecule has 0 heterocycles. The minimum atomic E-state index is -4.55. The molecule has 0 amide bonds. The van der Waals surface area contributed by atoms with Crippen LogP contribution in [0.3, 0.4) is 0 Å². The third-order valence-corrected chi connectivity index (χ3v) is 5.33. The van der Waals surface area contributed by atoms with Gasteiger partial charge in [-0.2, -0.15) is 4.72 Å². The summed E-state index contributed by atoms with van der Waals surface area (Å²) in [5.41, 5.74) is -1.88. The molecule has 0 radical (unpaired) electrons. The fourth-order valence-corrected chi connectivity index (χ4v) is 3.55. The molecule has 0 saturated carbocycles. The highest BCUT2D eigenvalue weighted by molar-refractivity contribution is 7.91. The van der Waals surface area contributed by atoms with Crippen molar-refractivity contribution in [1.82, 2.24) is 4.72 Å². The van der Waals surface area contributed by atoms with Gasteiger partial charge < -0.3 is 5.11 Å². The van der Waals surface area contributed by atoms with Gasteiger partial charge in [0.25, 0.3) is 0 Å². The summed E-state index contributed by atoms with van der Waals surface area (Å²) in [7, 11) is -8.28. The largest absolute Gasteiger partial charge is 0.480 e. The molecule has 2 N–H and O–H groups in total. The summed E-state index contributed by atoms with van der Waals surface area (Å²) in [6, 6.07) is 2.26. The number of sulfone groups is 1. The minimum Gasteiger partial charge on any atom is -0.480 e. The lowest BCUT2D eigenvalue weighted by Crippen LogP contribution is -2.49. The molecular weight excluding hydrogens is 325 g/mol. The van der Waals surface area contributed by atoms with Crippen LogP contribution in [0, 0.1) is 5.82 Å². The van der Waals surface area contributed by atoms with Gasteiger partial charge in [-0.3, -0.25) is 4.79 Å². The Hall–Kier alpha value is -1.52. The maximum absolute atomic E-state index is 13.7. The van der Waals surface area contributed by atoms with Crippen LogP contribution in [-0.2, 0) is 24.7 Å². The molecule has 0 saturated heterocycles. The maximum Gasteiger partial charge on any atom is 0.324 e. The summed E-state index contributed by atoms with van der Waals surface area (Å²) < 4.78 is 62.3. The second kappa shape index (κ2) is 5.35. The van der Waals surface area contributed by atoms with Crippen molar-refractivity contribution in [3.8, 4) is 0 Å². The van der Waals surface area contributed by atoms with Crippen LogP contribution in [0.2, 0.25) is 0 Å². The Balaban J connectivity index is 3.42. The van der Waals surface area contributed by atoms with Crippen molar-refractivity contribution in [2.24, 2.45) is 0 Å². The Bertz CT molecular complexity index is 783. The average molecular weight is 339 g/mol. The predicted molar refractivity (Wildman–Crippen MR) is 71.5 cm³/mol. The first-order valence-electron chi connectivity index (χ1n) is 5.54. The van der Waals surface area contributed by atoms with Crippen LogP contribution < -0.4 is 4.72 Å². The predicted octanol–water partition coefficient (Wildman–Crippen LogP) is 0.371. The van der Waals surface area contributed by atoms with Crippen LogP contribution in [0.1, 0.15) is 13.8 Å². The van der Waals surface area contributed by atoms with E-state index in [4.69, 9.17) is 5.11 Å². The fraction of sp³-hybridized carbons (Fsp3) is 0.364. The van der Waals surface area contributed by atoms with Gasteiger partial charge in [0.05, 0.1) is 4.90 Å². The highest BCUT2D eigenvalue weighted by Gasteiger charge is 2.34. The Morgan fingerprint density at radius 1 is 1.24 bits per heavy atom. The van der Waals surface area contributed by atoms with Crippen molar-refractivity contribution in [3.63, 3.8) is 0 Å². The summed E-state index contributed by atoms with van der Waals surface area (Å²) >= 11 is 0. The molecular formula is C11H14FNO6S2. The molecule has 0 bridgehead atoms. The number of halogens is 1. The highest BCUT2D eigenvalue weighted by Crippen LogP contribution is 2.21. The first kappa shape index (κ1) is 17.5. The highest BCUT2D eigenvalue weighted by atomic mass is 32.2. The SMILES string of the molecule is CC(C)(NS(=O)(=O)c1cc(S(C)(=O)=O)ccc1F)C(=O)O. The van der Waals surface area contributed by atoms with Gasteiger partial charge in [-0.1, -0.05) is 0 Å². The quantitative estimate of drug-likeness (QED) is 0.749. The van der Waals surface area contributed by atoms with Gasteiger partial charge in [0, 0.05) is 6.26 Å². The third kappa shape index (κ3) is 3.99. The smallest absolute Gasteiger partial charge is 0.324 e. The van der Waals surface area contributed by atoms with Crippen LogP contribution in [0.25, 0.3) is 0 Å². The normalized spacial score (nSPS) is 13.1. The molecule has 0 spiro atoms. The van der Waals surface area contributed by atoms with Gasteiger partial charge >= 0.3 is 5.97 Å². The molecule has 1 rings (SSSR count). The van der Waals surface area contributed by atoms with Gasteiger partial charge in [0.2, 0.25) is 10.0 Å². The summed E-state index contributed by atoms with van der Waals surface area (Å²) in [5.74, 6) is -2.65. The van der Waals surface area contributed by atoms with Crippen LogP contribution in [0.15, 0.2) is 28.0 Å². The minimum absolute atomic E-state index is 0.391. The van der Waals surface area contributed by atoms with E-state index in [0.717, 1.165) is 26.2 Å². The number of carboxylic acids is 1. The van der Waals surface area contributed by atoms with E-state index in [1.807, 2.05) is 0 Å². The molecule has 0 fully saturated rings. The Morgan fingerprint density at radius 2 is 1.76 bits per heavy atom. The zero-order chi connectivity index (χ0) is 16.6. The van der Waals surface area contributed by atoms with Crippen LogP contribution in [0.5, 0.6) is 0 Å². The Morgan fingerprint density at radius 3 is 2.19 bits per heavy atom. The zero-order valence-electron chi connectivity index (χ0n) is 11.4. The number of hydrogen-bond acceptors (Lipinski definition) is 5. The molecule has 7 nitrogen and oxygen atoms in total. The number of carboxylic acid groups (broad SMARTS) is 1. The molecule has 0 aliphatic heterocycles. The van der Waals surface area contributed by atoms with E-state index in [1.165, 1.54) is 0 Å². The molecule has 0 aliphatic rings. The fourth-order valence-electron chi connectivity index (χ4n) is 1.35. The van der Waals surface area contributed by atoms with Crippen molar-refractivity contribution in [1.29, 1.82) is 0 Å². The van der Waals surface area contributed by atoms with Crippen molar-refractivity contribution in [3.05, 3.63) is 24.0 Å². The van der Waals surface area contributed by atoms with Crippen LogP contribution in [-0.4, -0.2) is 39.7 Å². The lowest BCUT2D eigenvalue weighted by atomic mass is 10.1. The van der Waals surface area contributed by atoms with E-state index >= 15 is 0 Å². The number of nitrogens with one attached hydrogen (secondary N) is 1. The van der Waals surface area contributed by atoms with Crippen molar-refractivity contribution in [2.75, 3.05) is 6.26 Å². The molecule has 1 aromatic carbocycles. The topological polar surface area (TPSA) is 118 Å². The molecule has 0 unspecified atom stereocenters. The first-order chi connectivity index (χ1) is 9.27. The van der Waals surface area contributed by atoms with Gasteiger partial charge in [-0.15, -0.1) is 0 Å². The second-order valence-corrected chi connectivity index (χ2v) is 8.57. The average Bonchev–Trinajstić information content (AvgIpc) is 2.25. The monoisotopic (exact) mass is 339 g/mol. The van der Waals surface area contributed by atoms with Gasteiger partial charge in [-0.05, 0) is 32.0 Å². The van der Waals surface area contributed by atoms with E-state index in [0.29, 0.717) is 12.1 Å². The van der Waals surface area contributed by atoms with Crippen LogP contribution >= 0.6 is 0 Å². The molecule has 21 heavy (non-hydrogen) atoms. The molecule has 1 aromatic rings. The lowest BCUT2D eigenvalue weighted by Gasteiger charge is -2.21. The van der Waals surface area contributed by atoms with E-state index in [-0.39, 0.29) is 0 Å². The van der Waals surface area contributed by atoms with E-state index in [9.17, 15) is 26.0 Å². The van der Waals surface area contributed by atoms with Gasteiger partial charge in [0.15, 0.2) is 9.84 Å². The number of rotatable bonds is 5. The van der Waals surface area contributed by atoms with E-state index < -0.39 is 47.0 Å². The van der Waals surface area contributed by atoms with Gasteiger partial charge in [0.1, 0.15) is 16.3 Å². The van der Waals surface area contributed by atoms with Gasteiger partial charge in [-0.25, -0.2) is 21.2 Å². The zero-order valence-corrected chi connectivity index (χ0v) is 13.0. The summed E-state index contributed by atoms with van der Waals surface area (Å²) in [5, 5.41) is 8.89. The number of benzene rings is 1. The van der Waals surface area contributed by atoms with E-state index in [2.05, 4.69) is 0 Å². The third-order valence-electron chi connectivity index (χ3n) is 2.54. The van der Waals surface area contributed by atoms with Crippen LogP contribution in [0.4, 0.5) is 4.39 Å². The maximum atomic E-state index is 13.7. The molecule has 10 heteroatoms. The molecule has 0 aromatic heterocycles. The number of carbonyl (C=O) groups is 1. The van der Waals surface area contributed by atoms with E-state index in [1.54, 1.807) is 4.72 Å². The molecule has 0 aliphatic carbocycles. The Labute approximate surface area is 121 Å². The molecule has 118 valence electrons. The summed E-state index contributed by atoms with van der Waals surface area (Å²) in [4.78, 5) is 9.60. The standard InChI is InChI=1S/C11H14FNO6S2/c1-11(2,10(14)15)13-21(18,19)9-6-7(20(3,16)17)4-5-8(9)12/h4-6,13H,1-3H3,(H,14,15). The first-order valence-corrected chi connectivity index (χ1v) is 8.92. The molecule has 0 atom stereocenters. The van der Waals surface area contributed by atoms with Crippen molar-refractivity contribution < 1.29 is 31.1 Å². The van der Waals surface area contributed by atoms with Crippen molar-refractivity contribution in [2.45, 2.75) is 29.2 Å². The number of aliphatic carboxylic acids is 1.